The average molecular weight is 378 g/mol. The first-order valence-electron chi connectivity index (χ1n) is 10.5. The minimum atomic E-state index is -0.313. The number of ether oxygens (including phenoxy) is 1. The van der Waals surface area contributed by atoms with Crippen LogP contribution in [0, 0.1) is 0 Å². The van der Waals surface area contributed by atoms with Crippen LogP contribution in [0.2, 0.25) is 0 Å². The van der Waals surface area contributed by atoms with Crippen molar-refractivity contribution in [1.29, 1.82) is 0 Å². The van der Waals surface area contributed by atoms with Gasteiger partial charge in [0, 0.05) is 6.54 Å². The number of hydrogen-bond donors (Lipinski definition) is 2. The van der Waals surface area contributed by atoms with E-state index < -0.39 is 0 Å². The van der Waals surface area contributed by atoms with E-state index in [-0.39, 0.29) is 5.60 Å². The second-order valence-corrected chi connectivity index (χ2v) is 8.69. The Balaban J connectivity index is 1.54. The summed E-state index contributed by atoms with van der Waals surface area (Å²) in [6, 6.07) is 14.7. The molecule has 2 aromatic rings. The van der Waals surface area contributed by atoms with E-state index in [2.05, 4.69) is 62.5 Å². The Hall–Kier alpha value is -2.26. The van der Waals surface area contributed by atoms with Crippen molar-refractivity contribution in [2.75, 3.05) is 13.1 Å². The van der Waals surface area contributed by atoms with E-state index in [9.17, 15) is 5.11 Å². The highest BCUT2D eigenvalue weighted by Gasteiger charge is 2.37. The summed E-state index contributed by atoms with van der Waals surface area (Å²) in [6.45, 7) is 8.30. The number of phenolic OH excluding ortho intramolecular Hbond substituents is 1. The molecule has 0 aliphatic carbocycles. The van der Waals surface area contributed by atoms with E-state index >= 15 is 0 Å². The van der Waals surface area contributed by atoms with E-state index in [1.807, 2.05) is 6.07 Å². The molecule has 0 fully saturated rings. The third-order valence-corrected chi connectivity index (χ3v) is 6.23. The fraction of sp³-hybridized carbons (Fsp3) is 0.440. The topological polar surface area (TPSA) is 41.5 Å². The van der Waals surface area contributed by atoms with Crippen LogP contribution < -0.4 is 10.1 Å². The summed E-state index contributed by atoms with van der Waals surface area (Å²) in [4.78, 5) is 0. The molecule has 3 nitrogen and oxygen atoms in total. The van der Waals surface area contributed by atoms with Gasteiger partial charge in [0.15, 0.2) is 0 Å². The van der Waals surface area contributed by atoms with Crippen molar-refractivity contribution in [3.63, 3.8) is 0 Å². The Morgan fingerprint density at radius 1 is 1.18 bits per heavy atom. The molecule has 0 bridgehead atoms. The number of nitrogens with one attached hydrogen (secondary N) is 1. The minimum Gasteiger partial charge on any atom is -0.507 e. The van der Waals surface area contributed by atoms with E-state index in [4.69, 9.17) is 4.74 Å². The van der Waals surface area contributed by atoms with Crippen molar-refractivity contribution in [1.82, 2.24) is 5.32 Å². The lowest BCUT2D eigenvalue weighted by molar-refractivity contribution is 0.137. The van der Waals surface area contributed by atoms with Gasteiger partial charge in [-0.15, -0.1) is 0 Å². The second-order valence-electron chi connectivity index (χ2n) is 8.69. The van der Waals surface area contributed by atoms with Gasteiger partial charge in [0.25, 0.3) is 0 Å². The summed E-state index contributed by atoms with van der Waals surface area (Å²) < 4.78 is 6.39. The van der Waals surface area contributed by atoms with E-state index in [0.717, 1.165) is 55.6 Å². The largest absolute Gasteiger partial charge is 0.507 e. The first-order valence-corrected chi connectivity index (χ1v) is 10.5. The standard InChI is InChI=1S/C25H31NO2/c1-17(8-7-11-18-9-5-4-6-10-18)19-14-22(27)24-20-16-26-13-12-21(20)25(2,3)28-23(24)15-19/h4-6,9-10,14-15,17,26-27H,7-8,11-13,16H2,1-3H3. The van der Waals surface area contributed by atoms with Gasteiger partial charge >= 0.3 is 0 Å². The smallest absolute Gasteiger partial charge is 0.132 e. The molecule has 2 aliphatic rings. The molecule has 1 atom stereocenters. The van der Waals surface area contributed by atoms with E-state index in [0.29, 0.717) is 11.7 Å². The highest BCUT2D eigenvalue weighted by molar-refractivity contribution is 5.82. The predicted octanol–water partition coefficient (Wildman–Crippen LogP) is 5.44. The number of aryl methyl sites for hydroxylation is 1. The average Bonchev–Trinajstić information content (AvgIpc) is 2.68. The SMILES string of the molecule is CC(CCCc1ccccc1)c1cc(O)c2c(c1)OC(C)(C)C1=C2CNCC1. The molecule has 2 heterocycles. The Morgan fingerprint density at radius 3 is 2.75 bits per heavy atom. The number of phenols is 1. The van der Waals surface area contributed by atoms with Crippen molar-refractivity contribution >= 4 is 5.57 Å². The molecule has 2 N–H and O–H groups in total. The Kier molecular flexibility index (Phi) is 5.20. The Morgan fingerprint density at radius 2 is 1.96 bits per heavy atom. The van der Waals surface area contributed by atoms with Crippen molar-refractivity contribution in [3.8, 4) is 11.5 Å². The van der Waals surface area contributed by atoms with E-state index in [1.54, 1.807) is 0 Å². The third kappa shape index (κ3) is 3.68. The molecule has 0 saturated carbocycles. The lowest BCUT2D eigenvalue weighted by Crippen LogP contribution is -2.40. The highest BCUT2D eigenvalue weighted by atomic mass is 16.5. The van der Waals surface area contributed by atoms with Crippen LogP contribution in [0.1, 0.15) is 62.6 Å². The summed E-state index contributed by atoms with van der Waals surface area (Å²) in [7, 11) is 0. The van der Waals surface area contributed by atoms with Crippen molar-refractivity contribution in [2.45, 2.75) is 58.0 Å². The molecule has 2 aromatic carbocycles. The second kappa shape index (κ2) is 7.63. The fourth-order valence-electron chi connectivity index (χ4n) is 4.64. The van der Waals surface area contributed by atoms with Crippen LogP contribution in [0.5, 0.6) is 11.5 Å². The van der Waals surface area contributed by atoms with Gasteiger partial charge in [-0.1, -0.05) is 37.3 Å². The van der Waals surface area contributed by atoms with Crippen LogP contribution in [0.15, 0.2) is 48.0 Å². The zero-order valence-corrected chi connectivity index (χ0v) is 17.2. The monoisotopic (exact) mass is 377 g/mol. The molecule has 0 amide bonds. The number of benzene rings is 2. The fourth-order valence-corrected chi connectivity index (χ4v) is 4.64. The van der Waals surface area contributed by atoms with Crippen LogP contribution in [0.4, 0.5) is 0 Å². The third-order valence-electron chi connectivity index (χ3n) is 6.23. The number of hydrogen-bond acceptors (Lipinski definition) is 3. The molecule has 0 spiro atoms. The number of aromatic hydroxyl groups is 1. The van der Waals surface area contributed by atoms with Crippen molar-refractivity contribution < 1.29 is 9.84 Å². The van der Waals surface area contributed by atoms with Crippen LogP contribution in [-0.4, -0.2) is 23.8 Å². The van der Waals surface area contributed by atoms with Gasteiger partial charge in [0.05, 0.1) is 5.56 Å². The van der Waals surface area contributed by atoms with Crippen LogP contribution in [-0.2, 0) is 6.42 Å². The van der Waals surface area contributed by atoms with Gasteiger partial charge in [-0.2, -0.15) is 0 Å². The summed E-state index contributed by atoms with van der Waals surface area (Å²) in [5, 5.41) is 14.3. The molecule has 28 heavy (non-hydrogen) atoms. The van der Waals surface area contributed by atoms with Gasteiger partial charge in [0.1, 0.15) is 17.1 Å². The van der Waals surface area contributed by atoms with Gasteiger partial charge in [-0.3, -0.25) is 0 Å². The number of rotatable bonds is 5. The molecular weight excluding hydrogens is 346 g/mol. The lowest BCUT2D eigenvalue weighted by atomic mass is 9.81. The van der Waals surface area contributed by atoms with E-state index in [1.165, 1.54) is 16.7 Å². The molecule has 4 rings (SSSR count). The molecule has 148 valence electrons. The molecule has 0 saturated heterocycles. The quantitative estimate of drug-likeness (QED) is 0.729. The summed E-state index contributed by atoms with van der Waals surface area (Å²) in [6.07, 6.45) is 4.28. The maximum absolute atomic E-state index is 10.9. The molecule has 0 aromatic heterocycles. The molecule has 1 unspecified atom stereocenters. The predicted molar refractivity (Wildman–Crippen MR) is 115 cm³/mol. The molecule has 3 heteroatoms. The molecular formula is C25H31NO2. The van der Waals surface area contributed by atoms with Crippen molar-refractivity contribution in [2.24, 2.45) is 0 Å². The van der Waals surface area contributed by atoms with Gasteiger partial charge < -0.3 is 15.2 Å². The number of fused-ring (bicyclic) bond motifs is 2. The first kappa shape index (κ1) is 19.1. The highest BCUT2D eigenvalue weighted by Crippen LogP contribution is 2.48. The van der Waals surface area contributed by atoms with Crippen LogP contribution in [0.25, 0.3) is 5.57 Å². The minimum absolute atomic E-state index is 0.313. The van der Waals surface area contributed by atoms with Crippen LogP contribution in [0.3, 0.4) is 0 Å². The Labute approximate surface area is 168 Å². The maximum Gasteiger partial charge on any atom is 0.132 e. The lowest BCUT2D eigenvalue weighted by Gasteiger charge is -2.40. The zero-order chi connectivity index (χ0) is 19.7. The summed E-state index contributed by atoms with van der Waals surface area (Å²) in [5.41, 5.74) is 5.66. The zero-order valence-electron chi connectivity index (χ0n) is 17.2. The maximum atomic E-state index is 10.9. The molecule has 0 radical (unpaired) electrons. The van der Waals surface area contributed by atoms with Gasteiger partial charge in [0.2, 0.25) is 0 Å². The summed E-state index contributed by atoms with van der Waals surface area (Å²) >= 11 is 0. The van der Waals surface area contributed by atoms with Crippen molar-refractivity contribution in [3.05, 3.63) is 64.7 Å². The Bertz CT molecular complexity index is 883. The first-order chi connectivity index (χ1) is 13.5. The van der Waals surface area contributed by atoms with Crippen LogP contribution >= 0.6 is 0 Å². The van der Waals surface area contributed by atoms with Gasteiger partial charge in [-0.05, 0) is 86.4 Å². The normalized spacial score (nSPS) is 18.8. The molecule has 2 aliphatic heterocycles. The van der Waals surface area contributed by atoms with Gasteiger partial charge in [-0.25, -0.2) is 0 Å². The summed E-state index contributed by atoms with van der Waals surface area (Å²) in [5.74, 6) is 1.57.